The quantitative estimate of drug-likeness (QED) is 0.163. The fourth-order valence-electron chi connectivity index (χ4n) is 4.26. The number of hydrogen-bond acceptors (Lipinski definition) is 9. The van der Waals surface area contributed by atoms with E-state index in [1.54, 1.807) is 52.0 Å². The number of nitrogen functional groups attached to an aromatic ring is 1. The Bertz CT molecular complexity index is 1510. The molecule has 0 radical (unpaired) electrons. The Morgan fingerprint density at radius 3 is 2.45 bits per heavy atom. The molecule has 4 rings (SSSR count). The van der Waals surface area contributed by atoms with E-state index in [2.05, 4.69) is 10.1 Å². The average Bonchev–Trinajstić information content (AvgIpc) is 3.26. The fourth-order valence-corrected chi connectivity index (χ4v) is 5.93. The average molecular weight is 570 g/mol. The number of ether oxygens (including phenoxy) is 2. The Morgan fingerprint density at radius 2 is 1.75 bits per heavy atom. The van der Waals surface area contributed by atoms with Crippen LogP contribution in [0, 0.1) is 0 Å². The van der Waals surface area contributed by atoms with Crippen molar-refractivity contribution < 1.29 is 27.9 Å². The molecule has 214 valence electrons. The smallest absolute Gasteiger partial charge is 0.459 e. The lowest BCUT2D eigenvalue weighted by atomic mass is 10.2. The minimum atomic E-state index is -4.08. The number of benzene rings is 2. The molecule has 0 fully saturated rings. The predicted molar refractivity (Wildman–Crippen MR) is 154 cm³/mol. The van der Waals surface area contributed by atoms with Gasteiger partial charge in [-0.3, -0.25) is 9.32 Å². The van der Waals surface area contributed by atoms with Gasteiger partial charge in [0.15, 0.2) is 5.82 Å². The predicted octanol–water partition coefficient (Wildman–Crippen LogP) is 5.23. The van der Waals surface area contributed by atoms with Gasteiger partial charge in [-0.1, -0.05) is 36.4 Å². The molecule has 2 heterocycles. The number of anilines is 1. The molecule has 4 aromatic rings. The molecule has 0 saturated heterocycles. The van der Waals surface area contributed by atoms with Crippen LogP contribution in [0.3, 0.4) is 0 Å². The Balaban J connectivity index is 1.68. The summed E-state index contributed by atoms with van der Waals surface area (Å²) >= 11 is 0. The number of nitrogens with zero attached hydrogens (tertiary/aromatic N) is 3. The van der Waals surface area contributed by atoms with E-state index in [9.17, 15) is 9.36 Å². The third-order valence-electron chi connectivity index (χ3n) is 5.91. The lowest BCUT2D eigenvalue weighted by Gasteiger charge is -2.26. The van der Waals surface area contributed by atoms with Gasteiger partial charge in [-0.05, 0) is 52.8 Å². The molecule has 0 amide bonds. The van der Waals surface area contributed by atoms with Crippen molar-refractivity contribution in [3.8, 4) is 5.75 Å². The van der Waals surface area contributed by atoms with Crippen molar-refractivity contribution in [2.75, 3.05) is 12.3 Å². The zero-order chi connectivity index (χ0) is 28.9. The molecule has 2 aromatic carbocycles. The van der Waals surface area contributed by atoms with Crippen molar-refractivity contribution >= 4 is 41.5 Å². The summed E-state index contributed by atoms with van der Waals surface area (Å²) in [5, 5.41) is 3.60. The number of carbonyl (C=O) groups is 1. The molecule has 3 N–H and O–H groups in total. The second kappa shape index (κ2) is 12.8. The first-order valence-corrected chi connectivity index (χ1v) is 14.8. The van der Waals surface area contributed by atoms with E-state index in [1.165, 1.54) is 0 Å². The van der Waals surface area contributed by atoms with Crippen molar-refractivity contribution in [2.24, 2.45) is 0 Å². The van der Waals surface area contributed by atoms with E-state index < -0.39 is 25.9 Å². The number of pyridine rings is 1. The van der Waals surface area contributed by atoms with Crippen LogP contribution in [0.2, 0.25) is 0 Å². The standard InChI is InChI=1S/C28H36N5O6P/c1-6-36-17-24-31-25-26(22-14-10-11-15-23(22)30-27(25)29)33(24)16-19(4)38-40(35,39-21-12-8-7-9-13-21)32-20(5)28(34)37-18(2)3/h7-15,18-20H,6,16-17H2,1-5H3,(H2,29,30)(H,32,35)/t19-,20+,40?/m1/s1. The Morgan fingerprint density at radius 1 is 1.05 bits per heavy atom. The minimum absolute atomic E-state index is 0.236. The Hall–Kier alpha value is -3.50. The molecule has 0 aliphatic heterocycles. The summed E-state index contributed by atoms with van der Waals surface area (Å²) in [6.07, 6.45) is -0.998. The topological polar surface area (TPSA) is 140 Å². The van der Waals surface area contributed by atoms with E-state index in [0.717, 1.165) is 16.4 Å². The summed E-state index contributed by atoms with van der Waals surface area (Å²) < 4.78 is 38.9. The third kappa shape index (κ3) is 6.98. The lowest BCUT2D eigenvalue weighted by Crippen LogP contribution is -2.37. The van der Waals surface area contributed by atoms with E-state index >= 15 is 0 Å². The highest BCUT2D eigenvalue weighted by molar-refractivity contribution is 7.52. The van der Waals surface area contributed by atoms with Gasteiger partial charge in [-0.2, -0.15) is 5.09 Å². The number of nitrogens with one attached hydrogen (secondary N) is 1. The van der Waals surface area contributed by atoms with Gasteiger partial charge in [0.2, 0.25) is 0 Å². The molecular weight excluding hydrogens is 533 g/mol. The number of para-hydroxylation sites is 2. The number of nitrogens with two attached hydrogens (primary N) is 1. The summed E-state index contributed by atoms with van der Waals surface area (Å²) in [5.41, 5.74) is 8.34. The highest BCUT2D eigenvalue weighted by atomic mass is 31.2. The number of carbonyl (C=O) groups excluding carboxylic acids is 1. The summed E-state index contributed by atoms with van der Waals surface area (Å²) in [7, 11) is -4.08. The molecule has 11 nitrogen and oxygen atoms in total. The zero-order valence-corrected chi connectivity index (χ0v) is 24.3. The zero-order valence-electron chi connectivity index (χ0n) is 23.4. The summed E-state index contributed by atoms with van der Waals surface area (Å²) in [6.45, 7) is 9.67. The number of fused-ring (bicyclic) bond motifs is 3. The van der Waals surface area contributed by atoms with Crippen molar-refractivity contribution in [1.29, 1.82) is 0 Å². The summed E-state index contributed by atoms with van der Waals surface area (Å²) in [4.78, 5) is 21.8. The van der Waals surface area contributed by atoms with Gasteiger partial charge in [0, 0.05) is 12.0 Å². The van der Waals surface area contributed by atoms with Gasteiger partial charge in [0.05, 0.1) is 29.8 Å². The minimum Gasteiger partial charge on any atom is -0.462 e. The first-order chi connectivity index (χ1) is 19.1. The second-order valence-corrected chi connectivity index (χ2v) is 11.3. The normalized spacial score (nSPS) is 14.8. The van der Waals surface area contributed by atoms with Crippen molar-refractivity contribution in [2.45, 2.75) is 66.0 Å². The SMILES string of the molecule is CCOCc1nc2c(N)nc3ccccc3c2n1C[C@@H](C)OP(=O)(N[C@@H](C)C(=O)OC(C)C)Oc1ccccc1. The largest absolute Gasteiger partial charge is 0.462 e. The van der Waals surface area contributed by atoms with Crippen LogP contribution in [-0.2, 0) is 36.5 Å². The van der Waals surface area contributed by atoms with Crippen LogP contribution in [-0.4, -0.2) is 45.4 Å². The van der Waals surface area contributed by atoms with Crippen molar-refractivity contribution in [3.05, 3.63) is 60.4 Å². The van der Waals surface area contributed by atoms with Crippen LogP contribution in [0.1, 0.15) is 40.4 Å². The number of rotatable bonds is 13. The van der Waals surface area contributed by atoms with Gasteiger partial charge < -0.3 is 24.3 Å². The van der Waals surface area contributed by atoms with E-state index in [0.29, 0.717) is 29.5 Å². The van der Waals surface area contributed by atoms with Crippen LogP contribution >= 0.6 is 7.75 Å². The first-order valence-electron chi connectivity index (χ1n) is 13.2. The van der Waals surface area contributed by atoms with Gasteiger partial charge in [0.25, 0.3) is 0 Å². The maximum atomic E-state index is 14.1. The van der Waals surface area contributed by atoms with Crippen LogP contribution in [0.5, 0.6) is 5.75 Å². The number of imidazole rings is 1. The molecule has 0 spiro atoms. The van der Waals surface area contributed by atoms with Crippen LogP contribution in [0.4, 0.5) is 5.82 Å². The summed E-state index contributed by atoms with van der Waals surface area (Å²) in [6, 6.07) is 15.3. The van der Waals surface area contributed by atoms with Gasteiger partial charge in [-0.25, -0.2) is 14.5 Å². The van der Waals surface area contributed by atoms with Gasteiger partial charge in [0.1, 0.15) is 29.7 Å². The second-order valence-electron chi connectivity index (χ2n) is 9.64. The Labute approximate surface area is 233 Å². The van der Waals surface area contributed by atoms with Gasteiger partial charge in [-0.15, -0.1) is 0 Å². The van der Waals surface area contributed by atoms with Gasteiger partial charge >= 0.3 is 13.7 Å². The molecule has 0 aliphatic rings. The van der Waals surface area contributed by atoms with E-state index in [-0.39, 0.29) is 19.3 Å². The maximum absolute atomic E-state index is 14.1. The maximum Gasteiger partial charge on any atom is 0.459 e. The molecule has 12 heteroatoms. The van der Waals surface area contributed by atoms with Crippen molar-refractivity contribution in [1.82, 2.24) is 19.6 Å². The molecule has 0 bridgehead atoms. The number of esters is 1. The molecule has 0 aliphatic carbocycles. The van der Waals surface area contributed by atoms with Crippen LogP contribution in [0.25, 0.3) is 21.9 Å². The van der Waals surface area contributed by atoms with Crippen molar-refractivity contribution in [3.63, 3.8) is 0 Å². The number of hydrogen-bond donors (Lipinski definition) is 2. The first kappa shape index (κ1) is 29.5. The van der Waals surface area contributed by atoms with E-state index in [4.69, 9.17) is 29.2 Å². The summed E-state index contributed by atoms with van der Waals surface area (Å²) in [5.74, 6) is 0.677. The molecular formula is C28H36N5O6P. The Kier molecular flexibility index (Phi) is 9.42. The lowest BCUT2D eigenvalue weighted by molar-refractivity contribution is -0.149. The molecule has 0 saturated carbocycles. The highest BCUT2D eigenvalue weighted by Gasteiger charge is 2.35. The third-order valence-corrected chi connectivity index (χ3v) is 7.70. The van der Waals surface area contributed by atoms with Crippen LogP contribution < -0.4 is 15.3 Å². The van der Waals surface area contributed by atoms with E-state index in [1.807, 2.05) is 41.8 Å². The molecule has 2 aromatic heterocycles. The van der Waals surface area contributed by atoms with Crippen LogP contribution in [0.15, 0.2) is 54.6 Å². The monoisotopic (exact) mass is 569 g/mol. The number of aromatic nitrogens is 3. The molecule has 1 unspecified atom stereocenters. The molecule has 3 atom stereocenters. The molecule has 40 heavy (non-hydrogen) atoms. The fraction of sp³-hybridized carbons (Fsp3) is 0.393. The highest BCUT2D eigenvalue weighted by Crippen LogP contribution is 2.46.